The fourth-order valence-electron chi connectivity index (χ4n) is 3.52. The maximum Gasteiger partial charge on any atom is 0.194 e. The first-order chi connectivity index (χ1) is 11.3. The van der Waals surface area contributed by atoms with Gasteiger partial charge in [0.15, 0.2) is 10.9 Å². The summed E-state index contributed by atoms with van der Waals surface area (Å²) in [7, 11) is 0. The zero-order valence-electron chi connectivity index (χ0n) is 13.9. The Balaban J connectivity index is 0.00000169. The van der Waals surface area contributed by atoms with Gasteiger partial charge in [-0.3, -0.25) is 4.40 Å². The molecule has 0 bridgehead atoms. The van der Waals surface area contributed by atoms with E-state index in [1.54, 1.807) is 11.3 Å². The van der Waals surface area contributed by atoms with E-state index in [-0.39, 0.29) is 24.0 Å². The number of aliphatic imine (C=N–C) groups is 1. The summed E-state index contributed by atoms with van der Waals surface area (Å²) in [6.45, 7) is 7.55. The molecule has 4 heterocycles. The van der Waals surface area contributed by atoms with E-state index in [0.29, 0.717) is 12.0 Å². The predicted molar refractivity (Wildman–Crippen MR) is 107 cm³/mol. The minimum atomic E-state index is 0. The van der Waals surface area contributed by atoms with E-state index >= 15 is 0 Å². The number of guanidine groups is 1. The van der Waals surface area contributed by atoms with E-state index in [0.717, 1.165) is 49.5 Å². The van der Waals surface area contributed by atoms with Crippen LogP contribution in [0.2, 0.25) is 0 Å². The van der Waals surface area contributed by atoms with Crippen molar-refractivity contribution in [1.29, 1.82) is 0 Å². The molecular formula is C16H24IN5OS. The number of halogens is 1. The van der Waals surface area contributed by atoms with E-state index in [1.807, 2.05) is 11.6 Å². The smallest absolute Gasteiger partial charge is 0.194 e. The lowest BCUT2D eigenvalue weighted by molar-refractivity contribution is 0.156. The minimum Gasteiger partial charge on any atom is -0.381 e. The third-order valence-corrected chi connectivity index (χ3v) is 5.56. The minimum absolute atomic E-state index is 0. The van der Waals surface area contributed by atoms with Crippen molar-refractivity contribution in [3.05, 3.63) is 23.5 Å². The molecule has 132 valence electrons. The number of nitrogens with one attached hydrogen (secondary N) is 1. The Kier molecular flexibility index (Phi) is 5.66. The van der Waals surface area contributed by atoms with Crippen LogP contribution in [0.1, 0.15) is 25.5 Å². The third-order valence-electron chi connectivity index (χ3n) is 4.79. The Hall–Kier alpha value is -0.870. The van der Waals surface area contributed by atoms with Gasteiger partial charge in [0.25, 0.3) is 0 Å². The van der Waals surface area contributed by atoms with E-state index in [1.165, 1.54) is 12.8 Å². The second-order valence-corrected chi connectivity index (χ2v) is 7.34. The summed E-state index contributed by atoms with van der Waals surface area (Å²) < 4.78 is 7.68. The summed E-state index contributed by atoms with van der Waals surface area (Å²) in [6.07, 6.45) is 6.49. The van der Waals surface area contributed by atoms with Crippen LogP contribution in [0.25, 0.3) is 4.96 Å². The van der Waals surface area contributed by atoms with Crippen molar-refractivity contribution in [3.8, 4) is 0 Å². The van der Waals surface area contributed by atoms with Gasteiger partial charge in [0, 0.05) is 49.4 Å². The first kappa shape index (κ1) is 17.9. The van der Waals surface area contributed by atoms with Gasteiger partial charge in [-0.05, 0) is 19.8 Å². The molecule has 8 heteroatoms. The summed E-state index contributed by atoms with van der Waals surface area (Å²) in [5, 5.41) is 5.48. The van der Waals surface area contributed by atoms with Crippen LogP contribution in [0, 0.1) is 5.41 Å². The van der Waals surface area contributed by atoms with Crippen molar-refractivity contribution in [2.45, 2.75) is 26.3 Å². The maximum atomic E-state index is 5.63. The summed E-state index contributed by atoms with van der Waals surface area (Å²) in [4.78, 5) is 12.8. The molecule has 2 aromatic rings. The topological polar surface area (TPSA) is 54.2 Å². The Labute approximate surface area is 163 Å². The van der Waals surface area contributed by atoms with Crippen LogP contribution >= 0.6 is 35.3 Å². The molecule has 24 heavy (non-hydrogen) atoms. The molecule has 2 saturated heterocycles. The fraction of sp³-hybridized carbons (Fsp3) is 0.625. The van der Waals surface area contributed by atoms with Gasteiger partial charge in [-0.25, -0.2) is 9.98 Å². The highest BCUT2D eigenvalue weighted by atomic mass is 127. The lowest BCUT2D eigenvalue weighted by atomic mass is 9.87. The van der Waals surface area contributed by atoms with Gasteiger partial charge in [-0.2, -0.15) is 0 Å². The lowest BCUT2D eigenvalue weighted by Crippen LogP contribution is -2.41. The molecule has 1 spiro atoms. The van der Waals surface area contributed by atoms with Crippen LogP contribution in [-0.4, -0.2) is 53.1 Å². The molecule has 4 rings (SSSR count). The molecule has 0 radical (unpaired) electrons. The van der Waals surface area contributed by atoms with Crippen molar-refractivity contribution in [2.75, 3.05) is 32.8 Å². The molecule has 0 saturated carbocycles. The number of fused-ring (bicyclic) bond motifs is 1. The molecule has 6 nitrogen and oxygen atoms in total. The van der Waals surface area contributed by atoms with Gasteiger partial charge in [0.05, 0.1) is 18.8 Å². The first-order valence-electron chi connectivity index (χ1n) is 8.30. The van der Waals surface area contributed by atoms with E-state index in [2.05, 4.69) is 32.7 Å². The average Bonchev–Trinajstić information content (AvgIpc) is 3.29. The molecule has 0 aliphatic carbocycles. The number of hydrogen-bond donors (Lipinski definition) is 1. The average molecular weight is 461 g/mol. The van der Waals surface area contributed by atoms with Crippen LogP contribution in [0.15, 0.2) is 22.8 Å². The Morgan fingerprint density at radius 2 is 2.42 bits per heavy atom. The zero-order valence-corrected chi connectivity index (χ0v) is 17.0. The number of nitrogens with zero attached hydrogens (tertiary/aromatic N) is 4. The largest absolute Gasteiger partial charge is 0.381 e. The van der Waals surface area contributed by atoms with Gasteiger partial charge in [-0.15, -0.1) is 35.3 Å². The summed E-state index contributed by atoms with van der Waals surface area (Å²) in [6, 6.07) is 0. The SMILES string of the molecule is CCNC(=NCc1cn2ccsc2n1)N1CCC2(CCOC2)C1.I. The van der Waals surface area contributed by atoms with Crippen LogP contribution in [0.3, 0.4) is 0 Å². The van der Waals surface area contributed by atoms with Gasteiger partial charge in [0.2, 0.25) is 0 Å². The summed E-state index contributed by atoms with van der Waals surface area (Å²) in [5.41, 5.74) is 1.37. The van der Waals surface area contributed by atoms with Crippen molar-refractivity contribution in [3.63, 3.8) is 0 Å². The van der Waals surface area contributed by atoms with E-state index < -0.39 is 0 Å². The molecule has 1 atom stereocenters. The third kappa shape index (κ3) is 3.55. The number of rotatable bonds is 3. The molecule has 2 fully saturated rings. The zero-order chi connectivity index (χ0) is 15.7. The normalized spacial score (nSPS) is 24.0. The highest BCUT2D eigenvalue weighted by Gasteiger charge is 2.42. The standard InChI is InChI=1S/C16H23N5OS.HI/c1-2-17-14(21-5-3-16(11-21)4-7-22-12-16)18-9-13-10-20-6-8-23-15(20)19-13;/h6,8,10H,2-5,7,9,11-12H2,1H3,(H,17,18);1H. The van der Waals surface area contributed by atoms with Crippen molar-refractivity contribution in [1.82, 2.24) is 19.6 Å². The van der Waals surface area contributed by atoms with Crippen molar-refractivity contribution < 1.29 is 4.74 Å². The Bertz CT molecular complexity index is 678. The van der Waals surface area contributed by atoms with E-state index in [4.69, 9.17) is 9.73 Å². The molecule has 1 unspecified atom stereocenters. The van der Waals surface area contributed by atoms with Crippen LogP contribution < -0.4 is 5.32 Å². The number of likely N-dealkylation sites (tertiary alicyclic amines) is 1. The van der Waals surface area contributed by atoms with Crippen LogP contribution in [-0.2, 0) is 11.3 Å². The summed E-state index contributed by atoms with van der Waals surface area (Å²) >= 11 is 1.65. The molecule has 0 aromatic carbocycles. The number of hydrogen-bond acceptors (Lipinski definition) is 4. The molecule has 0 amide bonds. The highest BCUT2D eigenvalue weighted by molar-refractivity contribution is 14.0. The molecule has 2 aromatic heterocycles. The van der Waals surface area contributed by atoms with E-state index in [9.17, 15) is 0 Å². The van der Waals surface area contributed by atoms with Crippen molar-refractivity contribution in [2.24, 2.45) is 10.4 Å². The summed E-state index contributed by atoms with van der Waals surface area (Å²) in [5.74, 6) is 1.01. The maximum absolute atomic E-state index is 5.63. The lowest BCUT2D eigenvalue weighted by Gasteiger charge is -2.24. The predicted octanol–water partition coefficient (Wildman–Crippen LogP) is 2.59. The second-order valence-electron chi connectivity index (χ2n) is 6.47. The number of aromatic nitrogens is 2. The number of thiazole rings is 1. The van der Waals surface area contributed by atoms with Crippen molar-refractivity contribution >= 4 is 46.2 Å². The van der Waals surface area contributed by atoms with Gasteiger partial charge >= 0.3 is 0 Å². The Morgan fingerprint density at radius 1 is 1.50 bits per heavy atom. The van der Waals surface area contributed by atoms with Crippen LogP contribution in [0.5, 0.6) is 0 Å². The van der Waals surface area contributed by atoms with Gasteiger partial charge < -0.3 is 15.0 Å². The number of ether oxygens (including phenoxy) is 1. The monoisotopic (exact) mass is 461 g/mol. The highest BCUT2D eigenvalue weighted by Crippen LogP contribution is 2.38. The quantitative estimate of drug-likeness (QED) is 0.434. The second kappa shape index (κ2) is 7.57. The number of imidazole rings is 1. The molecule has 1 N–H and O–H groups in total. The van der Waals surface area contributed by atoms with Gasteiger partial charge in [0.1, 0.15) is 0 Å². The van der Waals surface area contributed by atoms with Gasteiger partial charge in [-0.1, -0.05) is 0 Å². The molecule has 2 aliphatic rings. The van der Waals surface area contributed by atoms with Crippen LogP contribution in [0.4, 0.5) is 0 Å². The Morgan fingerprint density at radius 3 is 3.17 bits per heavy atom. The first-order valence-corrected chi connectivity index (χ1v) is 9.18. The molecule has 2 aliphatic heterocycles. The fourth-order valence-corrected chi connectivity index (χ4v) is 4.24. The molecular weight excluding hydrogens is 437 g/mol.